The molecule has 0 saturated heterocycles. The second kappa shape index (κ2) is 13.9. The number of hydrogen-bond donors (Lipinski definition) is 0. The lowest BCUT2D eigenvalue weighted by Crippen LogP contribution is -2.40. The van der Waals surface area contributed by atoms with E-state index in [0.717, 1.165) is 22.0 Å². The number of benzene rings is 3. The molecule has 47 heavy (non-hydrogen) atoms. The van der Waals surface area contributed by atoms with Gasteiger partial charge in [-0.15, -0.1) is 0 Å². The molecule has 8 nitrogen and oxygen atoms in total. The summed E-state index contributed by atoms with van der Waals surface area (Å²) in [5, 5.41) is 1.99. The minimum Gasteiger partial charge on any atom is -0.491 e. The summed E-state index contributed by atoms with van der Waals surface area (Å²) in [5.74, 6) is 0.0108. The fraction of sp³-hybridized carbons (Fsp3) is 0.250. The van der Waals surface area contributed by atoms with E-state index in [1.165, 1.54) is 18.4 Å². The highest BCUT2D eigenvalue weighted by atomic mass is 35.5. The van der Waals surface area contributed by atoms with E-state index in [1.807, 2.05) is 86.8 Å². The van der Waals surface area contributed by atoms with Crippen LogP contribution in [-0.4, -0.2) is 41.5 Å². The number of nitrogens with zero attached hydrogens (tertiary/aromatic N) is 3. The zero-order valence-corrected chi connectivity index (χ0v) is 28.7. The van der Waals surface area contributed by atoms with E-state index in [0.29, 0.717) is 42.9 Å². The molecule has 1 aliphatic heterocycles. The molecule has 242 valence electrons. The Morgan fingerprint density at radius 1 is 1.04 bits per heavy atom. The molecule has 0 bridgehead atoms. The van der Waals surface area contributed by atoms with Crippen LogP contribution in [0.1, 0.15) is 43.5 Å². The molecule has 0 amide bonds. The third-order valence-corrected chi connectivity index (χ3v) is 9.50. The van der Waals surface area contributed by atoms with Gasteiger partial charge in [0.25, 0.3) is 5.56 Å². The normalized spacial score (nSPS) is 14.9. The van der Waals surface area contributed by atoms with Crippen molar-refractivity contribution < 1.29 is 19.0 Å². The first kappa shape index (κ1) is 32.8. The van der Waals surface area contributed by atoms with Crippen molar-refractivity contribution in [2.24, 2.45) is 4.99 Å². The van der Waals surface area contributed by atoms with Crippen LogP contribution in [0.2, 0.25) is 10.0 Å². The number of ether oxygens (including phenoxy) is 3. The van der Waals surface area contributed by atoms with Gasteiger partial charge in [0.2, 0.25) is 0 Å². The molecular formula is C36H33Cl2N3O5S. The zero-order valence-electron chi connectivity index (χ0n) is 26.3. The van der Waals surface area contributed by atoms with Crippen molar-refractivity contribution in [3.63, 3.8) is 0 Å². The summed E-state index contributed by atoms with van der Waals surface area (Å²) in [6.45, 7) is 6.50. The van der Waals surface area contributed by atoms with Crippen molar-refractivity contribution in [1.29, 1.82) is 0 Å². The average molecular weight is 691 g/mol. The molecule has 0 aliphatic carbocycles. The Labute approximate surface area is 285 Å². The van der Waals surface area contributed by atoms with Gasteiger partial charge in [-0.1, -0.05) is 77.0 Å². The maximum absolute atomic E-state index is 14.4. The summed E-state index contributed by atoms with van der Waals surface area (Å²) < 4.78 is 21.0. The van der Waals surface area contributed by atoms with Crippen molar-refractivity contribution in [2.45, 2.75) is 39.5 Å². The molecule has 1 atom stereocenters. The molecule has 2 aromatic heterocycles. The van der Waals surface area contributed by atoms with Gasteiger partial charge in [-0.05, 0) is 56.7 Å². The van der Waals surface area contributed by atoms with Crippen LogP contribution in [0.25, 0.3) is 17.0 Å². The third kappa shape index (κ3) is 6.67. The molecule has 0 spiro atoms. The van der Waals surface area contributed by atoms with E-state index >= 15 is 0 Å². The van der Waals surface area contributed by atoms with Gasteiger partial charge in [-0.2, -0.15) is 0 Å². The second-order valence-corrected chi connectivity index (χ2v) is 13.2. The Morgan fingerprint density at radius 3 is 2.57 bits per heavy atom. The van der Waals surface area contributed by atoms with Crippen molar-refractivity contribution in [1.82, 2.24) is 9.13 Å². The van der Waals surface area contributed by atoms with E-state index in [9.17, 15) is 9.59 Å². The summed E-state index contributed by atoms with van der Waals surface area (Å²) in [6, 6.07) is 20.3. The molecule has 0 fully saturated rings. The quantitative estimate of drug-likeness (QED) is 0.123. The lowest BCUT2D eigenvalue weighted by atomic mass is 9.95. The number of carbonyl (C=O) groups excluding carboxylic acids is 1. The molecule has 5 aromatic rings. The highest BCUT2D eigenvalue weighted by Crippen LogP contribution is 2.36. The number of rotatable bonds is 10. The minimum atomic E-state index is -0.811. The van der Waals surface area contributed by atoms with Crippen LogP contribution in [0.15, 0.2) is 94.0 Å². The predicted molar refractivity (Wildman–Crippen MR) is 186 cm³/mol. The Kier molecular flexibility index (Phi) is 9.70. The van der Waals surface area contributed by atoms with Gasteiger partial charge in [0.1, 0.15) is 18.4 Å². The Balaban J connectivity index is 1.50. The van der Waals surface area contributed by atoms with Gasteiger partial charge >= 0.3 is 5.97 Å². The van der Waals surface area contributed by atoms with Crippen LogP contribution in [0.3, 0.4) is 0 Å². The summed E-state index contributed by atoms with van der Waals surface area (Å²) >= 11 is 13.7. The molecular weight excluding hydrogens is 657 g/mol. The molecule has 0 unspecified atom stereocenters. The highest BCUT2D eigenvalue weighted by molar-refractivity contribution is 7.07. The first-order valence-corrected chi connectivity index (χ1v) is 16.7. The number of halogens is 2. The van der Waals surface area contributed by atoms with Crippen LogP contribution < -0.4 is 19.6 Å². The lowest BCUT2D eigenvalue weighted by molar-refractivity contribution is -0.140. The SMILES string of the molecule is COCCOC(=O)C1=C(C)N=c2s/c(=C/c3cn(Cc4ccc(Cl)c(Cl)c4)c4ccccc34)c(=O)n2[C@@H]1c1ccccc1OC(C)C. The smallest absolute Gasteiger partial charge is 0.338 e. The Morgan fingerprint density at radius 2 is 1.81 bits per heavy atom. The number of fused-ring (bicyclic) bond motifs is 2. The number of methoxy groups -OCH3 is 1. The van der Waals surface area contributed by atoms with E-state index in [-0.39, 0.29) is 30.5 Å². The molecule has 0 saturated carbocycles. The second-order valence-electron chi connectivity index (χ2n) is 11.4. The number of thiazole rings is 1. The topological polar surface area (TPSA) is 84.0 Å². The van der Waals surface area contributed by atoms with E-state index in [2.05, 4.69) is 4.57 Å². The molecule has 1 aliphatic rings. The fourth-order valence-corrected chi connectivity index (χ4v) is 7.10. The lowest BCUT2D eigenvalue weighted by Gasteiger charge is -2.27. The van der Waals surface area contributed by atoms with Crippen LogP contribution in [0, 0.1) is 0 Å². The van der Waals surface area contributed by atoms with Crippen LogP contribution in [-0.2, 0) is 20.8 Å². The van der Waals surface area contributed by atoms with Crippen molar-refractivity contribution >= 4 is 57.5 Å². The van der Waals surface area contributed by atoms with Crippen molar-refractivity contribution in [2.75, 3.05) is 20.3 Å². The Hall–Kier alpha value is -4.15. The predicted octanol–water partition coefficient (Wildman–Crippen LogP) is 6.52. The summed E-state index contributed by atoms with van der Waals surface area (Å²) in [5.41, 5.74) is 4.02. The van der Waals surface area contributed by atoms with Crippen LogP contribution in [0.5, 0.6) is 5.75 Å². The molecule has 11 heteroatoms. The monoisotopic (exact) mass is 689 g/mol. The van der Waals surface area contributed by atoms with Gasteiger partial charge in [0.15, 0.2) is 4.80 Å². The van der Waals surface area contributed by atoms with Gasteiger partial charge in [-0.3, -0.25) is 9.36 Å². The first-order valence-electron chi connectivity index (χ1n) is 15.1. The van der Waals surface area contributed by atoms with Gasteiger partial charge < -0.3 is 18.8 Å². The van der Waals surface area contributed by atoms with Crippen molar-refractivity contribution in [3.8, 4) is 5.75 Å². The van der Waals surface area contributed by atoms with Gasteiger partial charge in [0, 0.05) is 41.9 Å². The Bertz CT molecular complexity index is 2200. The summed E-state index contributed by atoms with van der Waals surface area (Å²) in [4.78, 5) is 33.2. The highest BCUT2D eigenvalue weighted by Gasteiger charge is 2.35. The van der Waals surface area contributed by atoms with Gasteiger partial charge in [-0.25, -0.2) is 9.79 Å². The number of aromatic nitrogens is 2. The van der Waals surface area contributed by atoms with E-state index < -0.39 is 12.0 Å². The number of hydrogen-bond acceptors (Lipinski definition) is 7. The number of esters is 1. The fourth-order valence-electron chi connectivity index (χ4n) is 5.74. The minimum absolute atomic E-state index is 0.0691. The average Bonchev–Trinajstić information content (AvgIpc) is 3.54. The van der Waals surface area contributed by atoms with Crippen LogP contribution in [0.4, 0.5) is 0 Å². The molecule has 0 N–H and O–H groups in total. The standard InChI is InChI=1S/C36H33Cl2N3O5S/c1-21(2)46-30-12-8-6-10-26(30)33-32(35(43)45-16-15-44-4)22(3)39-36-41(33)34(42)31(47-36)18-24-20-40(29-11-7-5-9-25(24)29)19-23-13-14-27(37)28(38)17-23/h5-14,17-18,20-21,33H,15-16,19H2,1-4H3/b31-18+/t33-/m1/s1. The summed E-state index contributed by atoms with van der Waals surface area (Å²) in [7, 11) is 1.54. The number of carbonyl (C=O) groups is 1. The third-order valence-electron chi connectivity index (χ3n) is 7.78. The van der Waals surface area contributed by atoms with Gasteiger partial charge in [0.05, 0.1) is 38.6 Å². The first-order chi connectivity index (χ1) is 22.7. The largest absolute Gasteiger partial charge is 0.491 e. The van der Waals surface area contributed by atoms with Crippen LogP contribution >= 0.6 is 34.5 Å². The molecule has 0 radical (unpaired) electrons. The maximum atomic E-state index is 14.4. The summed E-state index contributed by atoms with van der Waals surface area (Å²) in [6.07, 6.45) is 3.79. The van der Waals surface area contributed by atoms with Crippen molar-refractivity contribution in [3.05, 3.63) is 131 Å². The number of para-hydroxylation sites is 2. The maximum Gasteiger partial charge on any atom is 0.338 e. The molecule has 6 rings (SSSR count). The number of allylic oxidation sites excluding steroid dienone is 1. The van der Waals surface area contributed by atoms with E-state index in [1.54, 1.807) is 17.6 Å². The van der Waals surface area contributed by atoms with E-state index in [4.69, 9.17) is 42.4 Å². The zero-order chi connectivity index (χ0) is 33.2. The molecule has 3 aromatic carbocycles. The molecule has 3 heterocycles.